The Morgan fingerprint density at radius 2 is 2.21 bits per heavy atom. The van der Waals surface area contributed by atoms with E-state index in [2.05, 4.69) is 6.58 Å². The molecular formula is C10H13Cl2NO. The number of hydrogen-bond donors (Lipinski definition) is 1. The topological polar surface area (TPSA) is 35.2 Å². The Morgan fingerprint density at radius 3 is 2.71 bits per heavy atom. The minimum atomic E-state index is -0.175. The number of methoxy groups -OCH3 is 1. The molecule has 0 aliphatic carbocycles. The maximum Gasteiger partial charge on any atom is 0.137 e. The van der Waals surface area contributed by atoms with Crippen LogP contribution in [0.2, 0.25) is 5.02 Å². The number of rotatable bonds is 3. The molecule has 2 N–H and O–H groups in total. The van der Waals surface area contributed by atoms with E-state index in [1.165, 1.54) is 0 Å². The van der Waals surface area contributed by atoms with Crippen molar-refractivity contribution in [3.05, 3.63) is 41.4 Å². The molecule has 2 nitrogen and oxygen atoms in total. The van der Waals surface area contributed by atoms with Crippen molar-refractivity contribution in [2.24, 2.45) is 5.73 Å². The molecule has 0 radical (unpaired) electrons. The molecule has 0 aliphatic heterocycles. The second kappa shape index (κ2) is 5.91. The first kappa shape index (κ1) is 13.3. The molecule has 1 aromatic rings. The van der Waals surface area contributed by atoms with Gasteiger partial charge in [0.15, 0.2) is 0 Å². The van der Waals surface area contributed by atoms with Gasteiger partial charge in [-0.3, -0.25) is 0 Å². The largest absolute Gasteiger partial charge is 0.495 e. The Morgan fingerprint density at radius 1 is 1.57 bits per heavy atom. The van der Waals surface area contributed by atoms with Gasteiger partial charge >= 0.3 is 0 Å². The van der Waals surface area contributed by atoms with Crippen LogP contribution in [0.25, 0.3) is 0 Å². The molecule has 0 bridgehead atoms. The highest BCUT2D eigenvalue weighted by atomic mass is 35.5. The SMILES string of the molecule is C=C[C@H](N)c1ccc(Cl)c(OC)c1.Cl. The van der Waals surface area contributed by atoms with Crippen LogP contribution in [0.1, 0.15) is 11.6 Å². The number of ether oxygens (including phenoxy) is 1. The van der Waals surface area contributed by atoms with E-state index in [9.17, 15) is 0 Å². The molecule has 14 heavy (non-hydrogen) atoms. The lowest BCUT2D eigenvalue weighted by Gasteiger charge is -2.09. The first-order chi connectivity index (χ1) is 6.19. The van der Waals surface area contributed by atoms with Crippen LogP contribution in [-0.2, 0) is 0 Å². The second-order valence-electron chi connectivity index (χ2n) is 2.66. The summed E-state index contributed by atoms with van der Waals surface area (Å²) in [4.78, 5) is 0. The third-order valence-corrected chi connectivity index (χ3v) is 2.13. The van der Waals surface area contributed by atoms with Gasteiger partial charge in [0.2, 0.25) is 0 Å². The van der Waals surface area contributed by atoms with Crippen LogP contribution in [0.4, 0.5) is 0 Å². The molecular weight excluding hydrogens is 221 g/mol. The van der Waals surface area contributed by atoms with E-state index in [1.54, 1.807) is 19.3 Å². The third kappa shape index (κ3) is 2.91. The standard InChI is InChI=1S/C10H12ClNO.ClH/c1-3-9(12)7-4-5-8(11)10(6-7)13-2;/h3-6,9H,1,12H2,2H3;1H/t9-;/m0./s1. The van der Waals surface area contributed by atoms with Gasteiger partial charge in [-0.15, -0.1) is 19.0 Å². The number of benzene rings is 1. The smallest absolute Gasteiger partial charge is 0.137 e. The summed E-state index contributed by atoms with van der Waals surface area (Å²) in [5.74, 6) is 0.636. The van der Waals surface area contributed by atoms with Crippen LogP contribution in [0.15, 0.2) is 30.9 Å². The number of nitrogens with two attached hydrogens (primary N) is 1. The van der Waals surface area contributed by atoms with Gasteiger partial charge in [0, 0.05) is 6.04 Å². The zero-order valence-electron chi connectivity index (χ0n) is 7.87. The fraction of sp³-hybridized carbons (Fsp3) is 0.200. The van der Waals surface area contributed by atoms with E-state index >= 15 is 0 Å². The maximum atomic E-state index is 5.85. The second-order valence-corrected chi connectivity index (χ2v) is 3.06. The van der Waals surface area contributed by atoms with Crippen molar-refractivity contribution < 1.29 is 4.74 Å². The first-order valence-corrected chi connectivity index (χ1v) is 4.28. The van der Waals surface area contributed by atoms with Crippen LogP contribution in [0, 0.1) is 0 Å². The van der Waals surface area contributed by atoms with Gasteiger partial charge in [0.1, 0.15) is 5.75 Å². The van der Waals surface area contributed by atoms with Gasteiger partial charge < -0.3 is 10.5 Å². The zero-order chi connectivity index (χ0) is 9.84. The molecule has 0 saturated heterocycles. The quantitative estimate of drug-likeness (QED) is 0.816. The fourth-order valence-corrected chi connectivity index (χ4v) is 1.21. The molecule has 0 amide bonds. The minimum absolute atomic E-state index is 0. The van der Waals surface area contributed by atoms with Gasteiger partial charge in [-0.05, 0) is 17.7 Å². The average molecular weight is 234 g/mol. The Balaban J connectivity index is 0.00000169. The van der Waals surface area contributed by atoms with Crippen molar-refractivity contribution in [3.63, 3.8) is 0 Å². The first-order valence-electron chi connectivity index (χ1n) is 3.90. The van der Waals surface area contributed by atoms with Crippen molar-refractivity contribution in [3.8, 4) is 5.75 Å². The summed E-state index contributed by atoms with van der Waals surface area (Å²) in [5, 5.41) is 0.586. The highest BCUT2D eigenvalue weighted by Gasteiger charge is 2.05. The molecule has 0 spiro atoms. The molecule has 4 heteroatoms. The van der Waals surface area contributed by atoms with Crippen molar-refractivity contribution in [2.45, 2.75) is 6.04 Å². The summed E-state index contributed by atoms with van der Waals surface area (Å²) >= 11 is 5.85. The molecule has 0 aromatic heterocycles. The van der Waals surface area contributed by atoms with Gasteiger partial charge in [-0.1, -0.05) is 23.7 Å². The Bertz CT molecular complexity index is 315. The number of halogens is 2. The molecule has 1 rings (SSSR count). The van der Waals surface area contributed by atoms with Gasteiger partial charge in [-0.25, -0.2) is 0 Å². The lowest BCUT2D eigenvalue weighted by Crippen LogP contribution is -2.06. The van der Waals surface area contributed by atoms with E-state index in [4.69, 9.17) is 22.1 Å². The average Bonchev–Trinajstić information content (AvgIpc) is 2.17. The van der Waals surface area contributed by atoms with Crippen molar-refractivity contribution in [1.82, 2.24) is 0 Å². The highest BCUT2D eigenvalue weighted by Crippen LogP contribution is 2.27. The Hall–Kier alpha value is -0.700. The van der Waals surface area contributed by atoms with Gasteiger partial charge in [0.05, 0.1) is 12.1 Å². The summed E-state index contributed by atoms with van der Waals surface area (Å²) in [6.45, 7) is 3.62. The third-order valence-electron chi connectivity index (χ3n) is 1.81. The monoisotopic (exact) mass is 233 g/mol. The molecule has 0 aliphatic rings. The van der Waals surface area contributed by atoms with Crippen LogP contribution >= 0.6 is 24.0 Å². The van der Waals surface area contributed by atoms with Crippen molar-refractivity contribution >= 4 is 24.0 Å². The summed E-state index contributed by atoms with van der Waals surface area (Å²) in [6.07, 6.45) is 1.67. The Kier molecular flexibility index (Phi) is 5.62. The summed E-state index contributed by atoms with van der Waals surface area (Å²) in [6, 6.07) is 5.26. The van der Waals surface area contributed by atoms with Crippen molar-refractivity contribution in [2.75, 3.05) is 7.11 Å². The van der Waals surface area contributed by atoms with E-state index in [0.29, 0.717) is 10.8 Å². The molecule has 0 unspecified atom stereocenters. The zero-order valence-corrected chi connectivity index (χ0v) is 9.44. The lowest BCUT2D eigenvalue weighted by atomic mass is 10.1. The summed E-state index contributed by atoms with van der Waals surface area (Å²) in [7, 11) is 1.57. The molecule has 1 aromatic carbocycles. The fourth-order valence-electron chi connectivity index (χ4n) is 1.02. The van der Waals surface area contributed by atoms with E-state index < -0.39 is 0 Å². The predicted molar refractivity (Wildman–Crippen MR) is 62.4 cm³/mol. The van der Waals surface area contributed by atoms with E-state index in [0.717, 1.165) is 5.56 Å². The van der Waals surface area contributed by atoms with Crippen LogP contribution in [0.3, 0.4) is 0 Å². The number of hydrogen-bond acceptors (Lipinski definition) is 2. The molecule has 1 atom stereocenters. The predicted octanol–water partition coefficient (Wildman–Crippen LogP) is 2.96. The van der Waals surface area contributed by atoms with Gasteiger partial charge in [-0.2, -0.15) is 0 Å². The molecule has 0 heterocycles. The summed E-state index contributed by atoms with van der Waals surface area (Å²) < 4.78 is 5.06. The molecule has 0 fully saturated rings. The van der Waals surface area contributed by atoms with Gasteiger partial charge in [0.25, 0.3) is 0 Å². The van der Waals surface area contributed by atoms with Crippen LogP contribution < -0.4 is 10.5 Å². The molecule has 0 saturated carbocycles. The van der Waals surface area contributed by atoms with Crippen LogP contribution in [0.5, 0.6) is 5.75 Å². The maximum absolute atomic E-state index is 5.85. The highest BCUT2D eigenvalue weighted by molar-refractivity contribution is 6.32. The summed E-state index contributed by atoms with van der Waals surface area (Å²) in [5.41, 5.74) is 6.69. The molecule has 78 valence electrons. The lowest BCUT2D eigenvalue weighted by molar-refractivity contribution is 0.414. The van der Waals surface area contributed by atoms with Crippen molar-refractivity contribution in [1.29, 1.82) is 0 Å². The Labute approximate surface area is 95.1 Å². The van der Waals surface area contributed by atoms with E-state index in [1.807, 2.05) is 12.1 Å². The van der Waals surface area contributed by atoms with E-state index in [-0.39, 0.29) is 18.4 Å². The normalized spacial score (nSPS) is 11.4. The minimum Gasteiger partial charge on any atom is -0.495 e. The van der Waals surface area contributed by atoms with Crippen LogP contribution in [-0.4, -0.2) is 7.11 Å².